The Morgan fingerprint density at radius 3 is 2.67 bits per heavy atom. The first-order chi connectivity index (χ1) is 9.97. The van der Waals surface area contributed by atoms with E-state index in [9.17, 15) is 9.59 Å². The number of carbonyl (C=O) groups excluding carboxylic acids is 1. The van der Waals surface area contributed by atoms with Gasteiger partial charge in [0.1, 0.15) is 5.75 Å². The molecule has 2 rings (SSSR count). The Bertz CT molecular complexity index is 517. The fourth-order valence-corrected chi connectivity index (χ4v) is 2.53. The molecule has 1 aromatic carbocycles. The monoisotopic (exact) mass is 311 g/mol. The Kier molecular flexibility index (Phi) is 5.07. The quantitative estimate of drug-likeness (QED) is 0.927. The topological polar surface area (TPSA) is 66.8 Å². The van der Waals surface area contributed by atoms with E-state index >= 15 is 0 Å². The Morgan fingerprint density at radius 2 is 2.05 bits per heavy atom. The van der Waals surface area contributed by atoms with E-state index in [1.165, 1.54) is 0 Å². The van der Waals surface area contributed by atoms with Gasteiger partial charge in [-0.3, -0.25) is 9.59 Å². The summed E-state index contributed by atoms with van der Waals surface area (Å²) in [6.45, 7) is 2.50. The second-order valence-corrected chi connectivity index (χ2v) is 5.61. The van der Waals surface area contributed by atoms with Crippen LogP contribution in [0.2, 0.25) is 5.02 Å². The van der Waals surface area contributed by atoms with Gasteiger partial charge in [0, 0.05) is 18.1 Å². The molecule has 0 radical (unpaired) electrons. The van der Waals surface area contributed by atoms with Gasteiger partial charge in [0.05, 0.1) is 5.92 Å². The molecule has 114 valence electrons. The second-order valence-electron chi connectivity index (χ2n) is 5.18. The first-order valence-electron chi connectivity index (χ1n) is 6.91. The number of hydrogen-bond donors (Lipinski definition) is 1. The molecule has 1 fully saturated rings. The fourth-order valence-electron chi connectivity index (χ4n) is 2.40. The lowest BCUT2D eigenvalue weighted by atomic mass is 9.98. The fraction of sp³-hybridized carbons (Fsp3) is 0.467. The third kappa shape index (κ3) is 4.11. The van der Waals surface area contributed by atoms with Crippen LogP contribution in [0.15, 0.2) is 24.3 Å². The maximum Gasteiger partial charge on any atom is 0.308 e. The highest BCUT2D eigenvalue weighted by molar-refractivity contribution is 6.30. The zero-order valence-corrected chi connectivity index (χ0v) is 12.5. The molecule has 6 heteroatoms. The lowest BCUT2D eigenvalue weighted by molar-refractivity contribution is -0.147. The lowest BCUT2D eigenvalue weighted by Crippen LogP contribution is -2.47. The van der Waals surface area contributed by atoms with Crippen molar-refractivity contribution >= 4 is 23.5 Å². The number of aliphatic carboxylic acids is 1. The number of rotatable bonds is 4. The van der Waals surface area contributed by atoms with E-state index in [1.54, 1.807) is 36.1 Å². The lowest BCUT2D eigenvalue weighted by Gasteiger charge is -2.32. The van der Waals surface area contributed by atoms with Gasteiger partial charge in [-0.15, -0.1) is 0 Å². The Labute approximate surface area is 128 Å². The average molecular weight is 312 g/mol. The SMILES string of the molecule is CC(Oc1ccc(Cl)cc1)C(=O)N1CCC[C@H](C(=O)O)C1. The average Bonchev–Trinajstić information content (AvgIpc) is 2.49. The zero-order valence-electron chi connectivity index (χ0n) is 11.8. The van der Waals surface area contributed by atoms with E-state index in [2.05, 4.69) is 0 Å². The number of likely N-dealkylation sites (tertiary alicyclic amines) is 1. The molecule has 0 spiro atoms. The van der Waals surface area contributed by atoms with E-state index in [0.717, 1.165) is 0 Å². The van der Waals surface area contributed by atoms with Gasteiger partial charge in [-0.2, -0.15) is 0 Å². The molecule has 0 bridgehead atoms. The van der Waals surface area contributed by atoms with Crippen LogP contribution in [0.3, 0.4) is 0 Å². The molecule has 1 saturated heterocycles. The van der Waals surface area contributed by atoms with Gasteiger partial charge in [-0.05, 0) is 44.0 Å². The van der Waals surface area contributed by atoms with Crippen molar-refractivity contribution in [1.82, 2.24) is 4.90 Å². The summed E-state index contributed by atoms with van der Waals surface area (Å²) in [5.74, 6) is -0.952. The van der Waals surface area contributed by atoms with Crippen molar-refractivity contribution in [2.24, 2.45) is 5.92 Å². The molecule has 1 amide bonds. The van der Waals surface area contributed by atoms with Crippen LogP contribution >= 0.6 is 11.6 Å². The molecule has 0 aliphatic carbocycles. The van der Waals surface area contributed by atoms with Gasteiger partial charge < -0.3 is 14.7 Å². The van der Waals surface area contributed by atoms with Crippen LogP contribution in [-0.2, 0) is 9.59 Å². The predicted molar refractivity (Wildman–Crippen MR) is 78.5 cm³/mol. The molecular formula is C15H18ClNO4. The predicted octanol–water partition coefficient (Wildman–Crippen LogP) is 2.43. The first-order valence-corrected chi connectivity index (χ1v) is 7.29. The first kappa shape index (κ1) is 15.6. The molecule has 1 aliphatic heterocycles. The third-order valence-corrected chi connectivity index (χ3v) is 3.81. The van der Waals surface area contributed by atoms with E-state index in [0.29, 0.717) is 30.2 Å². The summed E-state index contributed by atoms with van der Waals surface area (Å²) in [4.78, 5) is 24.9. The molecule has 1 N–H and O–H groups in total. The standard InChI is InChI=1S/C15H18ClNO4/c1-10(21-13-6-4-12(16)5-7-13)14(18)17-8-2-3-11(9-17)15(19)20/h4-7,10-11H,2-3,8-9H2,1H3,(H,19,20)/t10?,11-/m0/s1. The molecule has 0 saturated carbocycles. The highest BCUT2D eigenvalue weighted by Gasteiger charge is 2.30. The van der Waals surface area contributed by atoms with Gasteiger partial charge >= 0.3 is 5.97 Å². The summed E-state index contributed by atoms with van der Waals surface area (Å²) in [6.07, 6.45) is 0.667. The molecule has 5 nitrogen and oxygen atoms in total. The number of halogens is 1. The van der Waals surface area contributed by atoms with E-state index in [1.807, 2.05) is 0 Å². The molecule has 21 heavy (non-hydrogen) atoms. The summed E-state index contributed by atoms with van der Waals surface area (Å²) in [7, 11) is 0. The Hall–Kier alpha value is -1.75. The summed E-state index contributed by atoms with van der Waals surface area (Å²) in [5.41, 5.74) is 0. The minimum absolute atomic E-state index is 0.184. The van der Waals surface area contributed by atoms with Crippen molar-refractivity contribution in [3.05, 3.63) is 29.3 Å². The summed E-state index contributed by atoms with van der Waals surface area (Å²) in [5, 5.41) is 9.65. The van der Waals surface area contributed by atoms with Crippen LogP contribution < -0.4 is 4.74 Å². The third-order valence-electron chi connectivity index (χ3n) is 3.56. The van der Waals surface area contributed by atoms with Gasteiger partial charge in [-0.1, -0.05) is 11.6 Å². The zero-order chi connectivity index (χ0) is 15.4. The molecule has 1 aromatic rings. The van der Waals surface area contributed by atoms with Gasteiger partial charge in [-0.25, -0.2) is 0 Å². The van der Waals surface area contributed by atoms with Crippen molar-refractivity contribution in [2.75, 3.05) is 13.1 Å². The largest absolute Gasteiger partial charge is 0.481 e. The van der Waals surface area contributed by atoms with E-state index < -0.39 is 18.0 Å². The molecule has 1 aliphatic rings. The van der Waals surface area contributed by atoms with Gasteiger partial charge in [0.25, 0.3) is 5.91 Å². The molecule has 1 heterocycles. The molecular weight excluding hydrogens is 294 g/mol. The van der Waals surface area contributed by atoms with Crippen molar-refractivity contribution in [3.63, 3.8) is 0 Å². The van der Waals surface area contributed by atoms with Crippen molar-refractivity contribution in [2.45, 2.75) is 25.9 Å². The minimum atomic E-state index is -0.848. The summed E-state index contributed by atoms with van der Waals surface area (Å²) < 4.78 is 5.58. The van der Waals surface area contributed by atoms with Crippen LogP contribution in [-0.4, -0.2) is 41.1 Å². The Morgan fingerprint density at radius 1 is 1.38 bits per heavy atom. The smallest absolute Gasteiger partial charge is 0.308 e. The maximum atomic E-state index is 12.3. The maximum absolute atomic E-state index is 12.3. The number of ether oxygens (including phenoxy) is 1. The van der Waals surface area contributed by atoms with Crippen LogP contribution in [0, 0.1) is 5.92 Å². The van der Waals surface area contributed by atoms with Crippen LogP contribution in [0.1, 0.15) is 19.8 Å². The van der Waals surface area contributed by atoms with Crippen molar-refractivity contribution < 1.29 is 19.4 Å². The van der Waals surface area contributed by atoms with Crippen LogP contribution in [0.4, 0.5) is 0 Å². The number of nitrogens with zero attached hydrogens (tertiary/aromatic N) is 1. The minimum Gasteiger partial charge on any atom is -0.481 e. The van der Waals surface area contributed by atoms with Crippen molar-refractivity contribution in [1.29, 1.82) is 0 Å². The number of piperidine rings is 1. The molecule has 1 unspecified atom stereocenters. The summed E-state index contributed by atoms with van der Waals surface area (Å²) >= 11 is 5.79. The van der Waals surface area contributed by atoms with Gasteiger partial charge in [0.2, 0.25) is 0 Å². The summed E-state index contributed by atoms with van der Waals surface area (Å²) in [6, 6.07) is 6.77. The second kappa shape index (κ2) is 6.80. The van der Waals surface area contributed by atoms with Crippen LogP contribution in [0.5, 0.6) is 5.75 Å². The number of benzene rings is 1. The number of hydrogen-bond acceptors (Lipinski definition) is 3. The molecule has 0 aromatic heterocycles. The van der Waals surface area contributed by atoms with Crippen LogP contribution in [0.25, 0.3) is 0 Å². The number of amides is 1. The number of carbonyl (C=O) groups is 2. The van der Waals surface area contributed by atoms with E-state index in [-0.39, 0.29) is 12.5 Å². The van der Waals surface area contributed by atoms with Crippen molar-refractivity contribution in [3.8, 4) is 5.75 Å². The van der Waals surface area contributed by atoms with Gasteiger partial charge in [0.15, 0.2) is 6.10 Å². The normalized spacial score (nSPS) is 19.9. The highest BCUT2D eigenvalue weighted by Crippen LogP contribution is 2.20. The van der Waals surface area contributed by atoms with E-state index in [4.69, 9.17) is 21.4 Å². The highest BCUT2D eigenvalue weighted by atomic mass is 35.5. The molecule has 2 atom stereocenters. The number of carboxylic acid groups (broad SMARTS) is 1. The Balaban J connectivity index is 1.95. The number of carboxylic acids is 1.